The van der Waals surface area contributed by atoms with Crippen molar-refractivity contribution < 1.29 is 9.59 Å². The van der Waals surface area contributed by atoms with Crippen LogP contribution in [0.5, 0.6) is 0 Å². The van der Waals surface area contributed by atoms with Gasteiger partial charge in [0.25, 0.3) is 5.91 Å². The summed E-state index contributed by atoms with van der Waals surface area (Å²) in [6, 6.07) is 8.33. The van der Waals surface area contributed by atoms with Crippen molar-refractivity contribution in [3.8, 4) is 0 Å². The SMILES string of the molecule is CN1C[C@@H]2C[C@H](N(C)C(=O)c3ccc(N4CCCC4)cc3)C[C@@H]2CC1=O. The quantitative estimate of drug-likeness (QED) is 0.837. The van der Waals surface area contributed by atoms with E-state index in [1.807, 2.05) is 36.0 Å². The highest BCUT2D eigenvalue weighted by molar-refractivity contribution is 5.94. The van der Waals surface area contributed by atoms with Crippen LogP contribution in [0.15, 0.2) is 24.3 Å². The number of nitrogens with zero attached hydrogens (tertiary/aromatic N) is 3. The third-order valence-corrected chi connectivity index (χ3v) is 6.64. The van der Waals surface area contributed by atoms with Gasteiger partial charge in [-0.3, -0.25) is 9.59 Å². The third-order valence-electron chi connectivity index (χ3n) is 6.64. The van der Waals surface area contributed by atoms with E-state index < -0.39 is 0 Å². The maximum Gasteiger partial charge on any atom is 0.253 e. The molecule has 0 N–H and O–H groups in total. The normalized spacial score (nSPS) is 28.4. The highest BCUT2D eigenvalue weighted by atomic mass is 16.2. The molecule has 0 unspecified atom stereocenters. The van der Waals surface area contributed by atoms with Gasteiger partial charge in [-0.1, -0.05) is 0 Å². The predicted octanol–water partition coefficient (Wildman–Crippen LogP) is 2.62. The van der Waals surface area contributed by atoms with Gasteiger partial charge in [-0.2, -0.15) is 0 Å². The number of amides is 2. The number of likely N-dealkylation sites (tertiary alicyclic amines) is 1. The van der Waals surface area contributed by atoms with Gasteiger partial charge >= 0.3 is 0 Å². The Balaban J connectivity index is 1.41. The van der Waals surface area contributed by atoms with Gasteiger partial charge in [0, 0.05) is 57.4 Å². The predicted molar refractivity (Wildman–Crippen MR) is 102 cm³/mol. The molecule has 0 radical (unpaired) electrons. The van der Waals surface area contributed by atoms with Crippen LogP contribution in [-0.2, 0) is 4.79 Å². The molecular formula is C21H29N3O2. The number of fused-ring (bicyclic) bond motifs is 1. The molecular weight excluding hydrogens is 326 g/mol. The minimum absolute atomic E-state index is 0.0984. The maximum absolute atomic E-state index is 12.9. The Hall–Kier alpha value is -2.04. The summed E-state index contributed by atoms with van der Waals surface area (Å²) >= 11 is 0. The second-order valence-electron chi connectivity index (χ2n) is 8.28. The van der Waals surface area contributed by atoms with Crippen molar-refractivity contribution in [3.05, 3.63) is 29.8 Å². The second-order valence-corrected chi connectivity index (χ2v) is 8.28. The molecule has 0 spiro atoms. The van der Waals surface area contributed by atoms with E-state index >= 15 is 0 Å². The molecule has 26 heavy (non-hydrogen) atoms. The Morgan fingerprint density at radius 1 is 1.08 bits per heavy atom. The third kappa shape index (κ3) is 3.19. The average Bonchev–Trinajstić information content (AvgIpc) is 3.31. The molecule has 0 aromatic heterocycles. The fraction of sp³-hybridized carbons (Fsp3) is 0.619. The lowest BCUT2D eigenvalue weighted by Crippen LogP contribution is -2.39. The fourth-order valence-corrected chi connectivity index (χ4v) is 4.96. The van der Waals surface area contributed by atoms with Gasteiger partial charge in [0.15, 0.2) is 0 Å². The van der Waals surface area contributed by atoms with Crippen molar-refractivity contribution in [2.24, 2.45) is 11.8 Å². The van der Waals surface area contributed by atoms with Crippen LogP contribution in [0.25, 0.3) is 0 Å². The molecule has 2 amide bonds. The van der Waals surface area contributed by atoms with Crippen LogP contribution >= 0.6 is 0 Å². The summed E-state index contributed by atoms with van der Waals surface area (Å²) in [6.45, 7) is 3.07. The Bertz CT molecular complexity index is 681. The van der Waals surface area contributed by atoms with Gasteiger partial charge in [0.05, 0.1) is 0 Å². The lowest BCUT2D eigenvalue weighted by Gasteiger charge is -2.31. The summed E-state index contributed by atoms with van der Waals surface area (Å²) in [6.07, 6.45) is 5.12. The molecule has 0 bridgehead atoms. The molecule has 5 heteroatoms. The Labute approximate surface area is 155 Å². The van der Waals surface area contributed by atoms with Gasteiger partial charge in [0.2, 0.25) is 5.91 Å². The van der Waals surface area contributed by atoms with Crippen LogP contribution in [0.2, 0.25) is 0 Å². The summed E-state index contributed by atoms with van der Waals surface area (Å²) in [5, 5.41) is 0. The molecule has 1 aromatic carbocycles. The van der Waals surface area contributed by atoms with Crippen LogP contribution < -0.4 is 4.90 Å². The zero-order valence-corrected chi connectivity index (χ0v) is 15.9. The van der Waals surface area contributed by atoms with Crippen molar-refractivity contribution in [2.75, 3.05) is 38.6 Å². The number of carbonyl (C=O) groups is 2. The minimum Gasteiger partial charge on any atom is -0.372 e. The first-order valence-electron chi connectivity index (χ1n) is 9.89. The number of hydrogen-bond donors (Lipinski definition) is 0. The molecule has 4 rings (SSSR count). The standard InChI is InChI=1S/C21H29N3O2/c1-22-14-17-12-19(11-16(17)13-20(22)25)23(2)21(26)15-5-7-18(8-6-15)24-9-3-4-10-24/h5-8,16-17,19H,3-4,9-14H2,1-2H3/t16-,17+,19-/m1/s1. The first-order valence-corrected chi connectivity index (χ1v) is 9.89. The van der Waals surface area contributed by atoms with Crippen molar-refractivity contribution in [1.29, 1.82) is 0 Å². The summed E-state index contributed by atoms with van der Waals surface area (Å²) in [5.74, 6) is 1.33. The number of anilines is 1. The number of benzene rings is 1. The molecule has 1 aromatic rings. The summed E-state index contributed by atoms with van der Waals surface area (Å²) < 4.78 is 0. The largest absolute Gasteiger partial charge is 0.372 e. The van der Waals surface area contributed by atoms with Gasteiger partial charge in [-0.25, -0.2) is 0 Å². The number of rotatable bonds is 3. The van der Waals surface area contributed by atoms with Crippen molar-refractivity contribution in [2.45, 2.75) is 38.1 Å². The molecule has 2 heterocycles. The molecule has 2 saturated heterocycles. The van der Waals surface area contributed by atoms with Gasteiger partial charge < -0.3 is 14.7 Å². The lowest BCUT2D eigenvalue weighted by molar-refractivity contribution is -0.134. The zero-order valence-electron chi connectivity index (χ0n) is 15.9. The Kier molecular flexibility index (Phi) is 4.63. The van der Waals surface area contributed by atoms with E-state index in [0.717, 1.165) is 38.0 Å². The number of carbonyl (C=O) groups excluding carboxylic acids is 2. The molecule has 1 aliphatic carbocycles. The molecule has 5 nitrogen and oxygen atoms in total. The van der Waals surface area contributed by atoms with E-state index in [-0.39, 0.29) is 17.9 Å². The van der Waals surface area contributed by atoms with E-state index in [9.17, 15) is 9.59 Å². The van der Waals surface area contributed by atoms with Gasteiger partial charge in [0.1, 0.15) is 0 Å². The van der Waals surface area contributed by atoms with E-state index in [0.29, 0.717) is 18.3 Å². The van der Waals surface area contributed by atoms with Crippen LogP contribution in [-0.4, -0.2) is 61.4 Å². The van der Waals surface area contributed by atoms with E-state index in [1.54, 1.807) is 0 Å². The van der Waals surface area contributed by atoms with Crippen molar-refractivity contribution in [3.63, 3.8) is 0 Å². The monoisotopic (exact) mass is 355 g/mol. The second kappa shape index (κ2) is 6.93. The smallest absolute Gasteiger partial charge is 0.253 e. The molecule has 3 atom stereocenters. The summed E-state index contributed by atoms with van der Waals surface area (Å²) in [7, 11) is 3.81. The minimum atomic E-state index is 0.0984. The molecule has 3 aliphatic rings. The fourth-order valence-electron chi connectivity index (χ4n) is 4.96. The van der Waals surface area contributed by atoms with Crippen LogP contribution in [0.3, 0.4) is 0 Å². The molecule has 2 aliphatic heterocycles. The topological polar surface area (TPSA) is 43.9 Å². The maximum atomic E-state index is 12.9. The molecule has 140 valence electrons. The van der Waals surface area contributed by atoms with Crippen molar-refractivity contribution >= 4 is 17.5 Å². The Morgan fingerprint density at radius 2 is 1.73 bits per heavy atom. The molecule has 1 saturated carbocycles. The average molecular weight is 355 g/mol. The van der Waals surface area contributed by atoms with E-state index in [2.05, 4.69) is 17.0 Å². The zero-order chi connectivity index (χ0) is 18.3. The molecule has 3 fully saturated rings. The highest BCUT2D eigenvalue weighted by Crippen LogP contribution is 2.40. The van der Waals surface area contributed by atoms with E-state index in [4.69, 9.17) is 0 Å². The summed E-state index contributed by atoms with van der Waals surface area (Å²) in [4.78, 5) is 31.0. The lowest BCUT2D eigenvalue weighted by atomic mass is 9.88. The van der Waals surface area contributed by atoms with E-state index in [1.165, 1.54) is 18.5 Å². The van der Waals surface area contributed by atoms with Crippen LogP contribution in [0.1, 0.15) is 42.5 Å². The van der Waals surface area contributed by atoms with Gasteiger partial charge in [-0.05, 0) is 61.8 Å². The first-order chi connectivity index (χ1) is 12.5. The highest BCUT2D eigenvalue weighted by Gasteiger charge is 2.42. The Morgan fingerprint density at radius 3 is 2.42 bits per heavy atom. The first kappa shape index (κ1) is 17.4. The van der Waals surface area contributed by atoms with Crippen LogP contribution in [0, 0.1) is 11.8 Å². The number of hydrogen-bond acceptors (Lipinski definition) is 3. The summed E-state index contributed by atoms with van der Waals surface area (Å²) in [5.41, 5.74) is 1.98. The number of piperidine rings is 1. The van der Waals surface area contributed by atoms with Crippen LogP contribution in [0.4, 0.5) is 5.69 Å². The van der Waals surface area contributed by atoms with Crippen molar-refractivity contribution in [1.82, 2.24) is 9.80 Å². The van der Waals surface area contributed by atoms with Gasteiger partial charge in [-0.15, -0.1) is 0 Å².